The molecule has 1 aromatic carbocycles. The van der Waals surface area contributed by atoms with Crippen LogP contribution in [0.2, 0.25) is 0 Å². The van der Waals surface area contributed by atoms with E-state index in [0.29, 0.717) is 12.2 Å². The minimum Gasteiger partial charge on any atom is -0.459 e. The second-order valence-electron chi connectivity index (χ2n) is 6.85. The molecule has 0 amide bonds. The molecule has 0 spiro atoms. The monoisotopic (exact) mass is 317 g/mol. The number of carbonyl (C=O) groups excluding carboxylic acids is 1. The van der Waals surface area contributed by atoms with Crippen LogP contribution in [0.25, 0.3) is 11.0 Å². The highest BCUT2D eigenvalue weighted by Crippen LogP contribution is 2.23. The van der Waals surface area contributed by atoms with Gasteiger partial charge in [-0.05, 0) is 38.2 Å². The zero-order valence-corrected chi connectivity index (χ0v) is 14.8. The maximum Gasteiger partial charge on any atom is 0.374 e. The Morgan fingerprint density at radius 1 is 1.22 bits per heavy atom. The summed E-state index contributed by atoms with van der Waals surface area (Å²) in [5.74, 6) is -0.129. The molecule has 2 aromatic rings. The average molecular weight is 317 g/mol. The summed E-state index contributed by atoms with van der Waals surface area (Å²) in [5, 5.41) is 0.930. The molecule has 4 nitrogen and oxygen atoms in total. The number of aryl methyl sites for hydroxylation is 1. The molecule has 126 valence electrons. The van der Waals surface area contributed by atoms with E-state index in [1.54, 1.807) is 6.07 Å². The molecule has 0 fully saturated rings. The van der Waals surface area contributed by atoms with E-state index in [1.165, 1.54) is 0 Å². The number of benzene rings is 1. The minimum absolute atomic E-state index is 0.0930. The molecule has 0 radical (unpaired) electrons. The summed E-state index contributed by atoms with van der Waals surface area (Å²) < 4.78 is 11.1. The quantitative estimate of drug-likeness (QED) is 0.715. The van der Waals surface area contributed by atoms with Crippen LogP contribution in [0.3, 0.4) is 0 Å². The Balaban J connectivity index is 2.00. The van der Waals surface area contributed by atoms with Crippen molar-refractivity contribution in [1.82, 2.24) is 4.90 Å². The van der Waals surface area contributed by atoms with Crippen LogP contribution in [0, 0.1) is 12.3 Å². The van der Waals surface area contributed by atoms with E-state index in [1.807, 2.05) is 25.1 Å². The lowest BCUT2D eigenvalue weighted by Crippen LogP contribution is -2.37. The second-order valence-corrected chi connectivity index (χ2v) is 6.85. The fourth-order valence-electron chi connectivity index (χ4n) is 2.69. The Morgan fingerprint density at radius 2 is 1.91 bits per heavy atom. The zero-order valence-electron chi connectivity index (χ0n) is 14.8. The molecule has 0 aliphatic rings. The topological polar surface area (TPSA) is 42.7 Å². The third-order valence-electron chi connectivity index (χ3n) is 4.01. The van der Waals surface area contributed by atoms with E-state index in [4.69, 9.17) is 9.15 Å². The number of esters is 1. The number of ether oxygens (including phenoxy) is 1. The standard InChI is InChI=1S/C19H27NO3/c1-6-20(7-2)12-19(4,5)13-22-18(21)17-11-15-10-14(3)8-9-16(15)23-17/h8-11H,6-7,12-13H2,1-5H3. The van der Waals surface area contributed by atoms with Gasteiger partial charge in [0.05, 0.1) is 6.61 Å². The predicted octanol–water partition coefficient (Wildman–Crippen LogP) is 4.27. The van der Waals surface area contributed by atoms with Gasteiger partial charge in [-0.1, -0.05) is 39.3 Å². The van der Waals surface area contributed by atoms with Crippen LogP contribution in [0.1, 0.15) is 43.8 Å². The molecule has 0 aliphatic heterocycles. The van der Waals surface area contributed by atoms with Crippen LogP contribution in [0.15, 0.2) is 28.7 Å². The molecule has 1 heterocycles. The van der Waals surface area contributed by atoms with Crippen molar-refractivity contribution in [2.75, 3.05) is 26.2 Å². The molecule has 0 atom stereocenters. The van der Waals surface area contributed by atoms with E-state index in [9.17, 15) is 4.79 Å². The van der Waals surface area contributed by atoms with Crippen molar-refractivity contribution >= 4 is 16.9 Å². The largest absolute Gasteiger partial charge is 0.459 e. The maximum atomic E-state index is 12.2. The first-order valence-corrected chi connectivity index (χ1v) is 8.24. The van der Waals surface area contributed by atoms with Gasteiger partial charge >= 0.3 is 5.97 Å². The normalized spacial score (nSPS) is 12.1. The van der Waals surface area contributed by atoms with Crippen molar-refractivity contribution in [2.24, 2.45) is 5.41 Å². The summed E-state index contributed by atoms with van der Waals surface area (Å²) in [6.45, 7) is 13.8. The van der Waals surface area contributed by atoms with Gasteiger partial charge in [0, 0.05) is 17.3 Å². The number of furan rings is 1. The maximum absolute atomic E-state index is 12.2. The Morgan fingerprint density at radius 3 is 2.57 bits per heavy atom. The first kappa shape index (κ1) is 17.5. The number of carbonyl (C=O) groups is 1. The van der Waals surface area contributed by atoms with Crippen molar-refractivity contribution in [1.29, 1.82) is 0 Å². The smallest absolute Gasteiger partial charge is 0.374 e. The molecular formula is C19H27NO3. The first-order valence-electron chi connectivity index (χ1n) is 8.24. The van der Waals surface area contributed by atoms with Crippen molar-refractivity contribution in [3.63, 3.8) is 0 Å². The minimum atomic E-state index is -0.397. The third kappa shape index (κ3) is 4.58. The summed E-state index contributed by atoms with van der Waals surface area (Å²) in [5.41, 5.74) is 1.76. The molecule has 2 rings (SSSR count). The molecule has 1 aromatic heterocycles. The highest BCUT2D eigenvalue weighted by molar-refractivity contribution is 5.92. The predicted molar refractivity (Wildman–Crippen MR) is 92.8 cm³/mol. The van der Waals surface area contributed by atoms with Gasteiger partial charge in [0.2, 0.25) is 5.76 Å². The van der Waals surface area contributed by atoms with Gasteiger partial charge in [0.25, 0.3) is 0 Å². The van der Waals surface area contributed by atoms with Crippen LogP contribution >= 0.6 is 0 Å². The van der Waals surface area contributed by atoms with Gasteiger partial charge < -0.3 is 14.1 Å². The molecule has 0 bridgehead atoms. The Hall–Kier alpha value is -1.81. The number of fused-ring (bicyclic) bond motifs is 1. The number of rotatable bonds is 7. The highest BCUT2D eigenvalue weighted by atomic mass is 16.5. The van der Waals surface area contributed by atoms with Gasteiger partial charge in [-0.3, -0.25) is 0 Å². The number of hydrogen-bond acceptors (Lipinski definition) is 4. The van der Waals surface area contributed by atoms with Gasteiger partial charge in [-0.15, -0.1) is 0 Å². The van der Waals surface area contributed by atoms with Gasteiger partial charge in [0.1, 0.15) is 5.58 Å². The molecule has 0 unspecified atom stereocenters. The zero-order chi connectivity index (χ0) is 17.0. The summed E-state index contributed by atoms with van der Waals surface area (Å²) in [4.78, 5) is 14.6. The Labute approximate surface area is 138 Å². The van der Waals surface area contributed by atoms with Gasteiger partial charge in [-0.25, -0.2) is 4.79 Å². The third-order valence-corrected chi connectivity index (χ3v) is 4.01. The molecule has 0 saturated heterocycles. The molecule has 0 saturated carbocycles. The van der Waals surface area contributed by atoms with Gasteiger partial charge in [-0.2, -0.15) is 0 Å². The van der Waals surface area contributed by atoms with E-state index in [0.717, 1.165) is 30.6 Å². The number of nitrogens with zero attached hydrogens (tertiary/aromatic N) is 1. The van der Waals surface area contributed by atoms with Crippen molar-refractivity contribution in [3.8, 4) is 0 Å². The fraction of sp³-hybridized carbons (Fsp3) is 0.526. The molecule has 0 aliphatic carbocycles. The summed E-state index contributed by atoms with van der Waals surface area (Å²) in [6.07, 6.45) is 0. The highest BCUT2D eigenvalue weighted by Gasteiger charge is 2.24. The lowest BCUT2D eigenvalue weighted by atomic mass is 9.94. The molecule has 4 heteroatoms. The molecule has 0 N–H and O–H groups in total. The van der Waals surface area contributed by atoms with Crippen LogP contribution in [-0.2, 0) is 4.74 Å². The fourth-order valence-corrected chi connectivity index (χ4v) is 2.69. The molecule has 23 heavy (non-hydrogen) atoms. The van der Waals surface area contributed by atoms with Crippen molar-refractivity contribution < 1.29 is 13.9 Å². The summed E-state index contributed by atoms with van der Waals surface area (Å²) in [7, 11) is 0. The number of hydrogen-bond donors (Lipinski definition) is 0. The Bertz CT molecular complexity index is 668. The van der Waals surface area contributed by atoms with Crippen LogP contribution < -0.4 is 0 Å². The van der Waals surface area contributed by atoms with E-state index in [-0.39, 0.29) is 11.2 Å². The van der Waals surface area contributed by atoms with Crippen molar-refractivity contribution in [3.05, 3.63) is 35.6 Å². The van der Waals surface area contributed by atoms with Crippen LogP contribution in [-0.4, -0.2) is 37.1 Å². The van der Waals surface area contributed by atoms with E-state index < -0.39 is 5.97 Å². The summed E-state index contributed by atoms with van der Waals surface area (Å²) >= 11 is 0. The molecular weight excluding hydrogens is 290 g/mol. The SMILES string of the molecule is CCN(CC)CC(C)(C)COC(=O)c1cc2cc(C)ccc2o1. The lowest BCUT2D eigenvalue weighted by Gasteiger charge is -2.30. The average Bonchev–Trinajstić information content (AvgIpc) is 2.93. The first-order chi connectivity index (χ1) is 10.8. The lowest BCUT2D eigenvalue weighted by molar-refractivity contribution is 0.0245. The van der Waals surface area contributed by atoms with E-state index >= 15 is 0 Å². The summed E-state index contributed by atoms with van der Waals surface area (Å²) in [6, 6.07) is 7.60. The van der Waals surface area contributed by atoms with Crippen LogP contribution in [0.4, 0.5) is 0 Å². The van der Waals surface area contributed by atoms with E-state index in [2.05, 4.69) is 32.6 Å². The van der Waals surface area contributed by atoms with Crippen LogP contribution in [0.5, 0.6) is 0 Å². The van der Waals surface area contributed by atoms with Crippen molar-refractivity contribution in [2.45, 2.75) is 34.6 Å². The Kier molecular flexibility index (Phi) is 5.47. The van der Waals surface area contributed by atoms with Gasteiger partial charge in [0.15, 0.2) is 0 Å². The second kappa shape index (κ2) is 7.18.